The minimum Gasteiger partial charge on any atom is -0.494 e. The van der Waals surface area contributed by atoms with Crippen LogP contribution in [0, 0.1) is 10.1 Å². The SMILES string of the molecule is COc1cc([N+](=O)[O-])ccc1NC(=O)CC1CNCCO1. The lowest BCUT2D eigenvalue weighted by Gasteiger charge is -2.23. The number of carbonyl (C=O) groups excluding carboxylic acids is 1. The molecule has 1 amide bonds. The van der Waals surface area contributed by atoms with Gasteiger partial charge < -0.3 is 20.1 Å². The highest BCUT2D eigenvalue weighted by atomic mass is 16.6. The first-order chi connectivity index (χ1) is 10.1. The third kappa shape index (κ3) is 4.14. The number of benzene rings is 1. The Hall–Kier alpha value is -2.19. The molecule has 8 nitrogen and oxygen atoms in total. The molecular weight excluding hydrogens is 278 g/mol. The fourth-order valence-electron chi connectivity index (χ4n) is 2.06. The Labute approximate surface area is 121 Å². The van der Waals surface area contributed by atoms with E-state index < -0.39 is 4.92 Å². The number of morpholine rings is 1. The molecule has 1 heterocycles. The molecule has 0 aromatic heterocycles. The van der Waals surface area contributed by atoms with E-state index in [0.29, 0.717) is 18.8 Å². The van der Waals surface area contributed by atoms with E-state index in [1.54, 1.807) is 0 Å². The number of nitro benzene ring substituents is 1. The lowest BCUT2D eigenvalue weighted by atomic mass is 10.2. The monoisotopic (exact) mass is 295 g/mol. The molecule has 0 aliphatic carbocycles. The molecule has 0 bridgehead atoms. The molecule has 0 saturated carbocycles. The van der Waals surface area contributed by atoms with Gasteiger partial charge in [-0.05, 0) is 6.07 Å². The third-order valence-corrected chi connectivity index (χ3v) is 3.09. The second-order valence-corrected chi connectivity index (χ2v) is 4.59. The van der Waals surface area contributed by atoms with Crippen LogP contribution in [0.3, 0.4) is 0 Å². The van der Waals surface area contributed by atoms with Gasteiger partial charge in [0, 0.05) is 19.2 Å². The summed E-state index contributed by atoms with van der Waals surface area (Å²) < 4.78 is 10.5. The van der Waals surface area contributed by atoms with Crippen LogP contribution < -0.4 is 15.4 Å². The maximum atomic E-state index is 12.0. The minimum atomic E-state index is -0.518. The number of carbonyl (C=O) groups is 1. The number of hydrogen-bond acceptors (Lipinski definition) is 6. The van der Waals surface area contributed by atoms with Gasteiger partial charge in [-0.1, -0.05) is 0 Å². The molecule has 1 aromatic rings. The first-order valence-electron chi connectivity index (χ1n) is 6.54. The Morgan fingerprint density at radius 1 is 1.62 bits per heavy atom. The molecule has 2 rings (SSSR count). The van der Waals surface area contributed by atoms with Gasteiger partial charge in [-0.15, -0.1) is 0 Å². The average molecular weight is 295 g/mol. The number of nitro groups is 1. The van der Waals surface area contributed by atoms with Crippen LogP contribution >= 0.6 is 0 Å². The highest BCUT2D eigenvalue weighted by Crippen LogP contribution is 2.29. The van der Waals surface area contributed by atoms with Crippen LogP contribution in [-0.4, -0.2) is 43.7 Å². The van der Waals surface area contributed by atoms with E-state index in [1.165, 1.54) is 25.3 Å². The molecule has 1 saturated heterocycles. The second-order valence-electron chi connectivity index (χ2n) is 4.59. The van der Waals surface area contributed by atoms with Crippen LogP contribution in [0.5, 0.6) is 5.75 Å². The quantitative estimate of drug-likeness (QED) is 0.618. The van der Waals surface area contributed by atoms with Crippen LogP contribution in [0.1, 0.15) is 6.42 Å². The fraction of sp³-hybridized carbons (Fsp3) is 0.462. The number of non-ortho nitro benzene ring substituents is 1. The average Bonchev–Trinajstić information content (AvgIpc) is 2.48. The lowest BCUT2D eigenvalue weighted by Crippen LogP contribution is -2.40. The zero-order valence-electron chi connectivity index (χ0n) is 11.6. The minimum absolute atomic E-state index is 0.0929. The molecule has 2 N–H and O–H groups in total. The van der Waals surface area contributed by atoms with Gasteiger partial charge in [-0.25, -0.2) is 0 Å². The predicted molar refractivity (Wildman–Crippen MR) is 75.5 cm³/mol. The molecule has 114 valence electrons. The number of nitrogens with one attached hydrogen (secondary N) is 2. The van der Waals surface area contributed by atoms with Crippen molar-refractivity contribution in [1.29, 1.82) is 0 Å². The summed E-state index contributed by atoms with van der Waals surface area (Å²) in [4.78, 5) is 22.1. The van der Waals surface area contributed by atoms with Crippen molar-refractivity contribution in [2.24, 2.45) is 0 Å². The molecule has 1 aromatic carbocycles. The van der Waals surface area contributed by atoms with Crippen molar-refractivity contribution in [3.8, 4) is 5.75 Å². The van der Waals surface area contributed by atoms with Crippen LogP contribution in [0.4, 0.5) is 11.4 Å². The fourth-order valence-corrected chi connectivity index (χ4v) is 2.06. The molecule has 8 heteroatoms. The molecular formula is C13H17N3O5. The maximum Gasteiger partial charge on any atom is 0.273 e. The summed E-state index contributed by atoms with van der Waals surface area (Å²) >= 11 is 0. The second kappa shape index (κ2) is 7.00. The number of ether oxygens (including phenoxy) is 2. The molecule has 1 atom stereocenters. The van der Waals surface area contributed by atoms with Crippen LogP contribution in [-0.2, 0) is 9.53 Å². The van der Waals surface area contributed by atoms with Crippen molar-refractivity contribution in [2.45, 2.75) is 12.5 Å². The highest BCUT2D eigenvalue weighted by molar-refractivity contribution is 5.92. The number of methoxy groups -OCH3 is 1. The largest absolute Gasteiger partial charge is 0.494 e. The van der Waals surface area contributed by atoms with Crippen molar-refractivity contribution in [1.82, 2.24) is 5.32 Å². The summed E-state index contributed by atoms with van der Waals surface area (Å²) in [6, 6.07) is 4.04. The zero-order valence-corrected chi connectivity index (χ0v) is 11.6. The molecule has 1 aliphatic heterocycles. The lowest BCUT2D eigenvalue weighted by molar-refractivity contribution is -0.384. The number of anilines is 1. The third-order valence-electron chi connectivity index (χ3n) is 3.09. The maximum absolute atomic E-state index is 12.0. The van der Waals surface area contributed by atoms with Gasteiger partial charge in [-0.3, -0.25) is 14.9 Å². The van der Waals surface area contributed by atoms with E-state index in [2.05, 4.69) is 10.6 Å². The zero-order chi connectivity index (χ0) is 15.2. The number of hydrogen-bond donors (Lipinski definition) is 2. The van der Waals surface area contributed by atoms with Crippen LogP contribution in [0.15, 0.2) is 18.2 Å². The van der Waals surface area contributed by atoms with E-state index >= 15 is 0 Å². The standard InChI is InChI=1S/C13H17N3O5/c1-20-12-6-9(16(18)19)2-3-11(12)15-13(17)7-10-8-14-4-5-21-10/h2-3,6,10,14H,4-5,7-8H2,1H3,(H,15,17). The van der Waals surface area contributed by atoms with E-state index in [4.69, 9.17) is 9.47 Å². The van der Waals surface area contributed by atoms with Gasteiger partial charge in [0.05, 0.1) is 42.9 Å². The first-order valence-corrected chi connectivity index (χ1v) is 6.54. The van der Waals surface area contributed by atoms with Crippen molar-refractivity contribution in [3.05, 3.63) is 28.3 Å². The Bertz CT molecular complexity index is 529. The Morgan fingerprint density at radius 3 is 3.05 bits per heavy atom. The van der Waals surface area contributed by atoms with Gasteiger partial charge in [0.15, 0.2) is 0 Å². The number of amides is 1. The summed E-state index contributed by atoms with van der Waals surface area (Å²) in [6.07, 6.45) is 0.0513. The highest BCUT2D eigenvalue weighted by Gasteiger charge is 2.19. The van der Waals surface area contributed by atoms with Crippen LogP contribution in [0.25, 0.3) is 0 Å². The molecule has 21 heavy (non-hydrogen) atoms. The van der Waals surface area contributed by atoms with E-state index in [-0.39, 0.29) is 29.9 Å². The molecule has 1 fully saturated rings. The summed E-state index contributed by atoms with van der Waals surface area (Å²) in [5, 5.41) is 16.5. The van der Waals surface area contributed by atoms with Crippen molar-refractivity contribution >= 4 is 17.3 Å². The topological polar surface area (TPSA) is 103 Å². The molecule has 1 unspecified atom stereocenters. The van der Waals surface area contributed by atoms with Gasteiger partial charge in [-0.2, -0.15) is 0 Å². The van der Waals surface area contributed by atoms with Gasteiger partial charge >= 0.3 is 0 Å². The molecule has 0 radical (unpaired) electrons. The number of rotatable bonds is 5. The summed E-state index contributed by atoms with van der Waals surface area (Å²) in [5.41, 5.74) is 0.307. The van der Waals surface area contributed by atoms with E-state index in [9.17, 15) is 14.9 Å². The Morgan fingerprint density at radius 2 is 2.43 bits per heavy atom. The summed E-state index contributed by atoms with van der Waals surface area (Å²) in [5.74, 6) is 0.0242. The van der Waals surface area contributed by atoms with Gasteiger partial charge in [0.25, 0.3) is 5.69 Å². The smallest absolute Gasteiger partial charge is 0.273 e. The van der Waals surface area contributed by atoms with Crippen LogP contribution in [0.2, 0.25) is 0 Å². The molecule has 1 aliphatic rings. The predicted octanol–water partition coefficient (Wildman–Crippen LogP) is 0.920. The first kappa shape index (κ1) is 15.2. The number of nitrogens with zero attached hydrogens (tertiary/aromatic N) is 1. The van der Waals surface area contributed by atoms with Crippen molar-refractivity contribution in [2.75, 3.05) is 32.1 Å². The van der Waals surface area contributed by atoms with Gasteiger partial charge in [0.1, 0.15) is 5.75 Å². The Kier molecular flexibility index (Phi) is 5.07. The van der Waals surface area contributed by atoms with Gasteiger partial charge in [0.2, 0.25) is 5.91 Å². The van der Waals surface area contributed by atoms with E-state index in [0.717, 1.165) is 6.54 Å². The van der Waals surface area contributed by atoms with Crippen molar-refractivity contribution < 1.29 is 19.2 Å². The summed E-state index contributed by atoms with van der Waals surface area (Å²) in [6.45, 7) is 2.00. The summed E-state index contributed by atoms with van der Waals surface area (Å²) in [7, 11) is 1.39. The Balaban J connectivity index is 2.00. The normalized spacial score (nSPS) is 18.0. The molecule has 0 spiro atoms. The van der Waals surface area contributed by atoms with Crippen molar-refractivity contribution in [3.63, 3.8) is 0 Å². The van der Waals surface area contributed by atoms with E-state index in [1.807, 2.05) is 0 Å².